The van der Waals surface area contributed by atoms with E-state index in [4.69, 9.17) is 5.11 Å². The van der Waals surface area contributed by atoms with Crippen LogP contribution in [0.5, 0.6) is 0 Å². The van der Waals surface area contributed by atoms with Crippen molar-refractivity contribution in [2.75, 3.05) is 5.75 Å². The summed E-state index contributed by atoms with van der Waals surface area (Å²) in [4.78, 5) is 23.6. The van der Waals surface area contributed by atoms with Crippen molar-refractivity contribution in [2.45, 2.75) is 24.8 Å². The second-order valence-electron chi connectivity index (χ2n) is 4.23. The monoisotopic (exact) mass is 267 g/mol. The van der Waals surface area contributed by atoms with Crippen LogP contribution >= 0.6 is 11.8 Å². The minimum absolute atomic E-state index is 0.131. The Morgan fingerprint density at radius 2 is 1.89 bits per heavy atom. The smallest absolute Gasteiger partial charge is 0.326 e. The lowest BCUT2D eigenvalue weighted by Gasteiger charge is -2.17. The van der Waals surface area contributed by atoms with Crippen LogP contribution in [-0.4, -0.2) is 28.8 Å². The molecule has 1 unspecified atom stereocenters. The van der Waals surface area contributed by atoms with Crippen molar-refractivity contribution in [3.63, 3.8) is 0 Å². The maximum absolute atomic E-state index is 11.6. The number of benzene rings is 1. The van der Waals surface area contributed by atoms with Gasteiger partial charge in [0.25, 0.3) is 0 Å². The first-order chi connectivity index (χ1) is 8.50. The number of rotatable bonds is 6. The van der Waals surface area contributed by atoms with Crippen molar-refractivity contribution in [1.29, 1.82) is 0 Å². The van der Waals surface area contributed by atoms with Crippen molar-refractivity contribution < 1.29 is 14.7 Å². The molecule has 1 rings (SSSR count). The summed E-state index contributed by atoms with van der Waals surface area (Å²) in [6, 6.07) is 8.70. The summed E-state index contributed by atoms with van der Waals surface area (Å²) in [5, 5.41) is 11.5. The Bertz CT molecular complexity index is 406. The number of nitrogens with one attached hydrogen (secondary N) is 1. The number of amides is 1. The van der Waals surface area contributed by atoms with Gasteiger partial charge in [0.2, 0.25) is 5.91 Å². The fourth-order valence-corrected chi connectivity index (χ4v) is 2.12. The molecule has 0 heterocycles. The third kappa shape index (κ3) is 4.79. The zero-order valence-electron chi connectivity index (χ0n) is 10.4. The number of hydrogen-bond donors (Lipinski definition) is 2. The van der Waals surface area contributed by atoms with E-state index in [1.54, 1.807) is 13.8 Å². The Kier molecular flexibility index (Phi) is 5.71. The summed E-state index contributed by atoms with van der Waals surface area (Å²) in [7, 11) is 0. The van der Waals surface area contributed by atoms with E-state index in [1.165, 1.54) is 11.8 Å². The molecule has 0 saturated carbocycles. The first kappa shape index (κ1) is 14.6. The number of carboxylic acids is 1. The largest absolute Gasteiger partial charge is 0.480 e. The maximum atomic E-state index is 11.6. The number of aliphatic carboxylic acids is 1. The number of carboxylic acid groups (broad SMARTS) is 1. The summed E-state index contributed by atoms with van der Waals surface area (Å²) in [5.41, 5.74) is 0. The summed E-state index contributed by atoms with van der Waals surface area (Å²) in [5.74, 6) is -1.17. The fraction of sp³-hybridized carbons (Fsp3) is 0.385. The van der Waals surface area contributed by atoms with Crippen molar-refractivity contribution >= 4 is 23.6 Å². The molecule has 4 nitrogen and oxygen atoms in total. The summed E-state index contributed by atoms with van der Waals surface area (Å²) in [6.07, 6.45) is 0. The van der Waals surface area contributed by atoms with E-state index >= 15 is 0 Å². The van der Waals surface area contributed by atoms with Gasteiger partial charge in [0.15, 0.2) is 0 Å². The zero-order chi connectivity index (χ0) is 13.5. The molecular weight excluding hydrogens is 250 g/mol. The quantitative estimate of drug-likeness (QED) is 0.774. The topological polar surface area (TPSA) is 66.4 Å². The molecule has 18 heavy (non-hydrogen) atoms. The Labute approximate surface area is 111 Å². The van der Waals surface area contributed by atoms with E-state index in [-0.39, 0.29) is 17.6 Å². The Balaban J connectivity index is 2.44. The van der Waals surface area contributed by atoms with Crippen LogP contribution in [-0.2, 0) is 9.59 Å². The van der Waals surface area contributed by atoms with Gasteiger partial charge in [0.1, 0.15) is 6.04 Å². The van der Waals surface area contributed by atoms with Crippen LogP contribution in [0.4, 0.5) is 0 Å². The van der Waals surface area contributed by atoms with E-state index in [9.17, 15) is 9.59 Å². The van der Waals surface area contributed by atoms with Crippen molar-refractivity contribution in [3.05, 3.63) is 30.3 Å². The third-order valence-electron chi connectivity index (χ3n) is 2.36. The first-order valence-electron chi connectivity index (χ1n) is 5.70. The van der Waals surface area contributed by atoms with Crippen LogP contribution in [0.3, 0.4) is 0 Å². The summed E-state index contributed by atoms with van der Waals surface area (Å²) in [6.45, 7) is 3.53. The fourth-order valence-electron chi connectivity index (χ4n) is 1.39. The molecule has 98 valence electrons. The second kappa shape index (κ2) is 7.06. The highest BCUT2D eigenvalue weighted by Crippen LogP contribution is 2.16. The highest BCUT2D eigenvalue weighted by atomic mass is 32.2. The third-order valence-corrected chi connectivity index (χ3v) is 3.37. The van der Waals surface area contributed by atoms with Crippen LogP contribution in [0.15, 0.2) is 35.2 Å². The van der Waals surface area contributed by atoms with E-state index in [0.29, 0.717) is 0 Å². The molecule has 1 atom stereocenters. The summed E-state index contributed by atoms with van der Waals surface area (Å²) >= 11 is 1.39. The molecule has 0 radical (unpaired) electrons. The van der Waals surface area contributed by atoms with Gasteiger partial charge in [-0.1, -0.05) is 32.0 Å². The van der Waals surface area contributed by atoms with Gasteiger partial charge in [-0.15, -0.1) is 11.8 Å². The van der Waals surface area contributed by atoms with Crippen LogP contribution in [0, 0.1) is 5.92 Å². The van der Waals surface area contributed by atoms with Gasteiger partial charge in [-0.25, -0.2) is 4.79 Å². The van der Waals surface area contributed by atoms with E-state index in [2.05, 4.69) is 5.32 Å². The van der Waals surface area contributed by atoms with Crippen LogP contribution in [0.25, 0.3) is 0 Å². The Morgan fingerprint density at radius 3 is 2.39 bits per heavy atom. The van der Waals surface area contributed by atoms with Gasteiger partial charge in [0.05, 0.1) is 5.75 Å². The molecule has 0 aliphatic rings. The molecule has 0 spiro atoms. The molecule has 0 aliphatic heterocycles. The van der Waals surface area contributed by atoms with E-state index in [0.717, 1.165) is 4.90 Å². The van der Waals surface area contributed by atoms with Crippen LogP contribution in [0.1, 0.15) is 13.8 Å². The number of carbonyl (C=O) groups excluding carboxylic acids is 1. The molecule has 0 bridgehead atoms. The minimum Gasteiger partial charge on any atom is -0.480 e. The molecule has 1 aromatic carbocycles. The van der Waals surface area contributed by atoms with E-state index < -0.39 is 12.0 Å². The highest BCUT2D eigenvalue weighted by Gasteiger charge is 2.23. The van der Waals surface area contributed by atoms with Gasteiger partial charge in [-0.2, -0.15) is 0 Å². The van der Waals surface area contributed by atoms with E-state index in [1.807, 2.05) is 30.3 Å². The molecule has 0 aliphatic carbocycles. The average molecular weight is 267 g/mol. The highest BCUT2D eigenvalue weighted by molar-refractivity contribution is 8.00. The predicted molar refractivity (Wildman–Crippen MR) is 71.6 cm³/mol. The van der Waals surface area contributed by atoms with Crippen molar-refractivity contribution in [3.8, 4) is 0 Å². The van der Waals surface area contributed by atoms with Gasteiger partial charge >= 0.3 is 5.97 Å². The Morgan fingerprint density at radius 1 is 1.28 bits per heavy atom. The normalized spacial score (nSPS) is 12.2. The second-order valence-corrected chi connectivity index (χ2v) is 5.28. The number of thioether (sulfide) groups is 1. The van der Waals surface area contributed by atoms with Gasteiger partial charge in [0, 0.05) is 4.90 Å². The first-order valence-corrected chi connectivity index (χ1v) is 6.69. The molecule has 0 saturated heterocycles. The molecule has 0 aromatic heterocycles. The van der Waals surface area contributed by atoms with Crippen LogP contribution < -0.4 is 5.32 Å². The lowest BCUT2D eigenvalue weighted by atomic mass is 10.1. The number of hydrogen-bond acceptors (Lipinski definition) is 3. The average Bonchev–Trinajstić information content (AvgIpc) is 2.34. The van der Waals surface area contributed by atoms with Crippen molar-refractivity contribution in [2.24, 2.45) is 5.92 Å². The Hall–Kier alpha value is -1.49. The molecule has 2 N–H and O–H groups in total. The minimum atomic E-state index is -0.997. The van der Waals surface area contributed by atoms with Gasteiger partial charge < -0.3 is 10.4 Å². The summed E-state index contributed by atoms with van der Waals surface area (Å²) < 4.78 is 0. The number of carbonyl (C=O) groups is 2. The molecular formula is C13H17NO3S. The maximum Gasteiger partial charge on any atom is 0.326 e. The zero-order valence-corrected chi connectivity index (χ0v) is 11.2. The molecule has 1 aromatic rings. The molecule has 5 heteroatoms. The standard InChI is InChI=1S/C13H17NO3S/c1-9(2)12(13(16)17)14-11(15)8-18-10-6-4-3-5-7-10/h3-7,9,12H,8H2,1-2H3,(H,14,15)(H,16,17). The predicted octanol–water partition coefficient (Wildman–Crippen LogP) is 2.00. The lowest BCUT2D eigenvalue weighted by molar-refractivity contribution is -0.142. The molecule has 0 fully saturated rings. The van der Waals surface area contributed by atoms with Crippen molar-refractivity contribution in [1.82, 2.24) is 5.32 Å². The van der Waals surface area contributed by atoms with Gasteiger partial charge in [-0.05, 0) is 18.1 Å². The van der Waals surface area contributed by atoms with Crippen LogP contribution in [0.2, 0.25) is 0 Å². The SMILES string of the molecule is CC(C)C(NC(=O)CSc1ccccc1)C(=O)O. The lowest BCUT2D eigenvalue weighted by Crippen LogP contribution is -2.45. The molecule has 1 amide bonds. The van der Waals surface area contributed by atoms with Gasteiger partial charge in [-0.3, -0.25) is 4.79 Å².